The smallest absolute Gasteiger partial charge is 0.287 e. The van der Waals surface area contributed by atoms with Gasteiger partial charge >= 0.3 is 0 Å². The Labute approximate surface area is 260 Å². The minimum absolute atomic E-state index is 0.0464. The highest BCUT2D eigenvalue weighted by Gasteiger charge is 2.41. The topological polar surface area (TPSA) is 168 Å². The van der Waals surface area contributed by atoms with Crippen LogP contribution in [0.1, 0.15) is 90.5 Å². The average molecular weight is 615 g/mol. The molecule has 2 fully saturated rings. The Morgan fingerprint density at radius 2 is 1.70 bits per heavy atom. The molecule has 11 heteroatoms. The lowest BCUT2D eigenvalue weighted by Crippen LogP contribution is -2.58. The van der Waals surface area contributed by atoms with Crippen LogP contribution in [0.3, 0.4) is 0 Å². The van der Waals surface area contributed by atoms with Crippen LogP contribution in [0.15, 0.2) is 24.3 Å². The molecule has 1 aromatic rings. The minimum atomic E-state index is -1.10. The third-order valence-corrected chi connectivity index (χ3v) is 8.52. The molecule has 1 aliphatic carbocycles. The molecule has 0 bridgehead atoms. The van der Waals surface area contributed by atoms with Gasteiger partial charge in [-0.3, -0.25) is 24.0 Å². The highest BCUT2D eigenvalue weighted by Crippen LogP contribution is 2.29. The summed E-state index contributed by atoms with van der Waals surface area (Å²) in [5.41, 5.74) is 5.98. The first-order chi connectivity index (χ1) is 21.0. The third kappa shape index (κ3) is 10.6. The van der Waals surface area contributed by atoms with Crippen molar-refractivity contribution in [3.05, 3.63) is 29.8 Å². The lowest BCUT2D eigenvalue weighted by Gasteiger charge is -2.35. The van der Waals surface area contributed by atoms with Crippen molar-refractivity contribution >= 4 is 29.4 Å². The van der Waals surface area contributed by atoms with Crippen LogP contribution in [0, 0.1) is 11.8 Å². The molecule has 244 valence electrons. The van der Waals surface area contributed by atoms with Gasteiger partial charge in [0, 0.05) is 13.0 Å². The number of Topliss-reactive ketones (excluding diaryl/α,β-unsaturated/α-hetero) is 1. The molecule has 1 unspecified atom stereocenters. The van der Waals surface area contributed by atoms with Crippen LogP contribution in [-0.4, -0.2) is 76.8 Å². The van der Waals surface area contributed by atoms with Crippen LogP contribution in [-0.2, 0) is 30.4 Å². The second-order valence-electron chi connectivity index (χ2n) is 12.7. The van der Waals surface area contributed by atoms with Gasteiger partial charge in [0.1, 0.15) is 17.8 Å². The third-order valence-electron chi connectivity index (χ3n) is 8.52. The van der Waals surface area contributed by atoms with E-state index in [1.807, 2.05) is 19.9 Å². The Morgan fingerprint density at radius 1 is 0.977 bits per heavy atom. The Hall–Kier alpha value is -3.47. The second-order valence-corrected chi connectivity index (χ2v) is 12.7. The fourth-order valence-corrected chi connectivity index (χ4v) is 6.04. The molecule has 44 heavy (non-hydrogen) atoms. The van der Waals surface area contributed by atoms with E-state index in [0.717, 1.165) is 37.7 Å². The number of benzene rings is 1. The fraction of sp³-hybridized carbons (Fsp3) is 0.667. The van der Waals surface area contributed by atoms with Crippen LogP contribution in [0.25, 0.3) is 0 Å². The van der Waals surface area contributed by atoms with Gasteiger partial charge in [-0.15, -0.1) is 0 Å². The summed E-state index contributed by atoms with van der Waals surface area (Å²) in [6.45, 7) is 6.37. The lowest BCUT2D eigenvalue weighted by molar-refractivity contribution is -0.144. The highest BCUT2D eigenvalue weighted by atomic mass is 16.5. The molecule has 1 aliphatic heterocycles. The van der Waals surface area contributed by atoms with Gasteiger partial charge in [-0.25, -0.2) is 0 Å². The van der Waals surface area contributed by atoms with Crippen LogP contribution in [0.2, 0.25) is 0 Å². The Balaban J connectivity index is 1.72. The van der Waals surface area contributed by atoms with Gasteiger partial charge in [-0.2, -0.15) is 0 Å². The summed E-state index contributed by atoms with van der Waals surface area (Å²) >= 11 is 0. The molecule has 0 radical (unpaired) electrons. The molecule has 5 N–H and O–H groups in total. The van der Waals surface area contributed by atoms with Crippen molar-refractivity contribution in [1.82, 2.24) is 15.5 Å². The molecule has 0 spiro atoms. The maximum Gasteiger partial charge on any atom is 0.287 e. The fourth-order valence-electron chi connectivity index (χ4n) is 6.04. The summed E-state index contributed by atoms with van der Waals surface area (Å²) in [4.78, 5) is 66.5. The molecule has 3 rings (SSSR count). The van der Waals surface area contributed by atoms with Gasteiger partial charge in [-0.05, 0) is 75.0 Å². The predicted octanol–water partition coefficient (Wildman–Crippen LogP) is 2.41. The minimum Gasteiger partial charge on any atom is -0.493 e. The van der Waals surface area contributed by atoms with Crippen molar-refractivity contribution < 1.29 is 33.8 Å². The zero-order valence-electron chi connectivity index (χ0n) is 26.4. The van der Waals surface area contributed by atoms with Crippen molar-refractivity contribution in [3.8, 4) is 5.75 Å². The van der Waals surface area contributed by atoms with Gasteiger partial charge in [0.15, 0.2) is 0 Å². The predicted molar refractivity (Wildman–Crippen MR) is 165 cm³/mol. The van der Waals surface area contributed by atoms with E-state index in [2.05, 4.69) is 10.6 Å². The maximum absolute atomic E-state index is 14.1. The Morgan fingerprint density at radius 3 is 2.36 bits per heavy atom. The lowest BCUT2D eigenvalue weighted by atomic mass is 9.83. The summed E-state index contributed by atoms with van der Waals surface area (Å²) in [6, 6.07) is 4.58. The van der Waals surface area contributed by atoms with E-state index in [0.29, 0.717) is 44.6 Å². The van der Waals surface area contributed by atoms with Gasteiger partial charge in [-0.1, -0.05) is 45.2 Å². The quantitative estimate of drug-likeness (QED) is 0.207. The standard InChI is InChI=1S/C33H50N4O7/c1-21(2)14-15-26(30(40)31(34)41)35-32(42)27-13-8-17-37(27)33(43)29(24-10-5-4-6-11-24)36-28(39)20-23-9-7-12-25(19-23)44-18-16-22(3)38/h7,9,12,19,21-22,24,26-27,29,38H,4-6,8,10-11,13-18,20H2,1-3H3,(H2,34,41)(H,35,42)(H,36,39)/t22-,26?,27+,29+/m1/s1. The van der Waals surface area contributed by atoms with Gasteiger partial charge < -0.3 is 31.1 Å². The van der Waals surface area contributed by atoms with E-state index in [-0.39, 0.29) is 36.5 Å². The van der Waals surface area contributed by atoms with Crippen LogP contribution in [0.4, 0.5) is 0 Å². The number of ether oxygens (including phenoxy) is 1. The monoisotopic (exact) mass is 614 g/mol. The van der Waals surface area contributed by atoms with E-state index in [4.69, 9.17) is 10.5 Å². The number of nitrogens with two attached hydrogens (primary N) is 1. The van der Waals surface area contributed by atoms with Crippen molar-refractivity contribution in [2.75, 3.05) is 13.2 Å². The highest BCUT2D eigenvalue weighted by molar-refractivity contribution is 6.37. The largest absolute Gasteiger partial charge is 0.493 e. The van der Waals surface area contributed by atoms with Gasteiger partial charge in [0.2, 0.25) is 23.5 Å². The zero-order valence-corrected chi connectivity index (χ0v) is 26.4. The van der Waals surface area contributed by atoms with E-state index >= 15 is 0 Å². The normalized spacial score (nSPS) is 19.2. The van der Waals surface area contributed by atoms with Crippen molar-refractivity contribution in [1.29, 1.82) is 0 Å². The molecular formula is C33H50N4O7. The number of nitrogens with zero attached hydrogens (tertiary/aromatic N) is 1. The molecule has 4 amide bonds. The Bertz CT molecular complexity index is 1150. The first kappa shape index (κ1) is 35.0. The molecule has 4 atom stereocenters. The van der Waals surface area contributed by atoms with Crippen molar-refractivity contribution in [2.24, 2.45) is 17.6 Å². The number of aliphatic hydroxyl groups is 1. The van der Waals surface area contributed by atoms with Crippen molar-refractivity contribution in [3.63, 3.8) is 0 Å². The summed E-state index contributed by atoms with van der Waals surface area (Å²) in [5.74, 6) is -2.22. The number of likely N-dealkylation sites (tertiary alicyclic amines) is 1. The number of carbonyl (C=O) groups is 5. The number of nitrogens with one attached hydrogen (secondary N) is 2. The molecular weight excluding hydrogens is 564 g/mol. The van der Waals surface area contributed by atoms with E-state index < -0.39 is 41.8 Å². The summed E-state index contributed by atoms with van der Waals surface area (Å²) < 4.78 is 5.70. The molecule has 1 aromatic carbocycles. The number of primary amides is 1. The molecule has 1 saturated carbocycles. The number of amides is 4. The molecule has 1 saturated heterocycles. The first-order valence-corrected chi connectivity index (χ1v) is 16.1. The SMILES string of the molecule is CC(C)CCC(NC(=O)[C@@H]1CCCN1C(=O)[C@@H](NC(=O)Cc1cccc(OCC[C@@H](C)O)c1)C1CCCCC1)C(=O)C(N)=O. The number of carbonyl (C=O) groups excluding carboxylic acids is 5. The number of rotatable bonds is 16. The van der Waals surface area contributed by atoms with Crippen molar-refractivity contribution in [2.45, 2.75) is 116 Å². The zero-order chi connectivity index (χ0) is 32.2. The summed E-state index contributed by atoms with van der Waals surface area (Å²) in [5, 5.41) is 15.2. The number of aliphatic hydroxyl groups excluding tert-OH is 1. The van der Waals surface area contributed by atoms with E-state index in [1.54, 1.807) is 25.1 Å². The van der Waals surface area contributed by atoms with Gasteiger partial charge in [0.25, 0.3) is 5.91 Å². The van der Waals surface area contributed by atoms with Gasteiger partial charge in [0.05, 0.1) is 25.2 Å². The molecule has 1 heterocycles. The molecule has 2 aliphatic rings. The molecule has 0 aromatic heterocycles. The number of hydrogen-bond acceptors (Lipinski definition) is 7. The number of ketones is 1. The van der Waals surface area contributed by atoms with E-state index in [1.165, 1.54) is 4.90 Å². The summed E-state index contributed by atoms with van der Waals surface area (Å²) in [7, 11) is 0. The van der Waals surface area contributed by atoms with Crippen LogP contribution < -0.4 is 21.1 Å². The van der Waals surface area contributed by atoms with Crippen LogP contribution >= 0.6 is 0 Å². The second kappa shape index (κ2) is 17.1. The Kier molecular flexibility index (Phi) is 13.6. The first-order valence-electron chi connectivity index (χ1n) is 16.1. The summed E-state index contributed by atoms with van der Waals surface area (Å²) in [6.07, 6.45) is 6.62. The average Bonchev–Trinajstić information content (AvgIpc) is 3.48. The molecule has 11 nitrogen and oxygen atoms in total. The maximum atomic E-state index is 14.1. The van der Waals surface area contributed by atoms with Crippen LogP contribution in [0.5, 0.6) is 5.75 Å². The van der Waals surface area contributed by atoms with E-state index in [9.17, 15) is 29.1 Å². The number of hydrogen-bond donors (Lipinski definition) is 4.